The van der Waals surface area contributed by atoms with Crippen molar-refractivity contribution in [3.8, 4) is 78.3 Å². The summed E-state index contributed by atoms with van der Waals surface area (Å²) in [5, 5.41) is 2.28. The van der Waals surface area contributed by atoms with Gasteiger partial charge in [-0.2, -0.15) is 0 Å². The first-order valence-corrected chi connectivity index (χ1v) is 24.1. The van der Waals surface area contributed by atoms with Gasteiger partial charge in [-0.25, -0.2) is 0 Å². The van der Waals surface area contributed by atoms with Crippen molar-refractivity contribution in [2.45, 2.75) is 5.41 Å². The van der Waals surface area contributed by atoms with E-state index < -0.39 is 5.41 Å². The van der Waals surface area contributed by atoms with Crippen LogP contribution in [0.25, 0.3) is 88.7 Å². The van der Waals surface area contributed by atoms with Crippen molar-refractivity contribution in [3.05, 3.63) is 271 Å². The summed E-state index contributed by atoms with van der Waals surface area (Å²) in [5.41, 5.74) is 23.0. The van der Waals surface area contributed by atoms with Crippen molar-refractivity contribution in [2.75, 3.05) is 4.90 Å². The Bertz CT molecular complexity index is 4110. The Labute approximate surface area is 405 Å². The molecule has 2 heterocycles. The van der Waals surface area contributed by atoms with Gasteiger partial charge in [0.2, 0.25) is 0 Å². The molecule has 0 amide bonds. The molecule has 12 aromatic rings. The zero-order valence-electron chi connectivity index (χ0n) is 37.9. The van der Waals surface area contributed by atoms with E-state index in [0.717, 1.165) is 78.3 Å². The maximum Gasteiger partial charge on any atom is 0.159 e. The summed E-state index contributed by atoms with van der Waals surface area (Å²) in [7, 11) is 0. The minimum Gasteiger partial charge on any atom is -0.456 e. The number of fused-ring (bicyclic) bond motifs is 21. The second-order valence-electron chi connectivity index (χ2n) is 18.6. The zero-order valence-corrected chi connectivity index (χ0v) is 37.9. The van der Waals surface area contributed by atoms with Gasteiger partial charge in [-0.15, -0.1) is 0 Å². The van der Waals surface area contributed by atoms with Gasteiger partial charge in [0.25, 0.3) is 0 Å². The number of anilines is 3. The molecule has 2 aliphatic carbocycles. The lowest BCUT2D eigenvalue weighted by molar-refractivity contribution is 0.489. The van der Waals surface area contributed by atoms with Gasteiger partial charge < -0.3 is 14.1 Å². The summed E-state index contributed by atoms with van der Waals surface area (Å²) in [5.74, 6) is 1.63. The molecule has 326 valence electrons. The Hall–Kier alpha value is -9.18. The van der Waals surface area contributed by atoms with Crippen molar-refractivity contribution in [3.63, 3.8) is 0 Å². The fourth-order valence-corrected chi connectivity index (χ4v) is 12.2. The number of ether oxygens (including phenoxy) is 1. The minimum absolute atomic E-state index is 0.732. The van der Waals surface area contributed by atoms with Gasteiger partial charge in [-0.05, 0) is 126 Å². The van der Waals surface area contributed by atoms with E-state index in [1.165, 1.54) is 61.2 Å². The Morgan fingerprint density at radius 1 is 0.329 bits per heavy atom. The van der Waals surface area contributed by atoms with Gasteiger partial charge in [0, 0.05) is 33.3 Å². The number of hydrogen-bond acceptors (Lipinski definition) is 3. The molecule has 11 aromatic carbocycles. The van der Waals surface area contributed by atoms with Crippen LogP contribution in [0, 0.1) is 0 Å². The lowest BCUT2D eigenvalue weighted by atomic mass is 9.65. The number of para-hydroxylation sites is 3. The standard InChI is InChI=1S/C67H41NO2/c1-2-17-42(18-3-1)43-33-35-44(36-34-43)68(60-30-16-27-53-49-22-7-6-21-48(49)52-24-10-14-31-61(52)70-66(53)60)45-37-38-51-47-20-5-4-19-46(47)50-23-8-12-28-56(50)67(59(51)41-45)57-29-13-9-25-54(57)64-58(67)39-40-63-65(64)55-26-11-15-32-62(55)69-63/h1-41H. The maximum absolute atomic E-state index is 7.26. The molecular weight excluding hydrogens is 851 g/mol. The average Bonchev–Trinajstić information content (AvgIpc) is 3.87. The molecule has 3 nitrogen and oxygen atoms in total. The van der Waals surface area contributed by atoms with Gasteiger partial charge in [0.05, 0.1) is 11.1 Å². The predicted octanol–water partition coefficient (Wildman–Crippen LogP) is 18.2. The van der Waals surface area contributed by atoms with Crippen LogP contribution in [0.15, 0.2) is 253 Å². The third-order valence-corrected chi connectivity index (χ3v) is 15.1. The number of furan rings is 1. The molecule has 0 bridgehead atoms. The largest absolute Gasteiger partial charge is 0.456 e. The van der Waals surface area contributed by atoms with Crippen LogP contribution in [0.1, 0.15) is 22.3 Å². The monoisotopic (exact) mass is 891 g/mol. The van der Waals surface area contributed by atoms with E-state index in [1.54, 1.807) is 0 Å². The Kier molecular flexibility index (Phi) is 8.28. The highest BCUT2D eigenvalue weighted by Gasteiger charge is 2.51. The smallest absolute Gasteiger partial charge is 0.159 e. The summed E-state index contributed by atoms with van der Waals surface area (Å²) in [6.07, 6.45) is 0. The van der Waals surface area contributed by atoms with E-state index in [9.17, 15) is 0 Å². The van der Waals surface area contributed by atoms with Crippen molar-refractivity contribution < 1.29 is 9.15 Å². The number of rotatable bonds is 4. The summed E-state index contributed by atoms with van der Waals surface area (Å²) >= 11 is 0. The SMILES string of the molecule is c1ccc(-c2ccc(N(c3ccc4c(c3)C3(c5ccccc5-c5ccccc5-4)c4ccccc4-c4c3ccc3oc5ccccc5c43)c3cccc4c3Oc3ccccc3-c3ccccc3-4)cc2)cc1. The number of benzene rings is 11. The lowest BCUT2D eigenvalue weighted by Crippen LogP contribution is -2.29. The topological polar surface area (TPSA) is 25.6 Å². The molecule has 0 saturated carbocycles. The maximum atomic E-state index is 7.26. The highest BCUT2D eigenvalue weighted by atomic mass is 16.5. The normalized spacial score (nSPS) is 14.5. The van der Waals surface area contributed by atoms with Gasteiger partial charge in [-0.1, -0.05) is 200 Å². The van der Waals surface area contributed by atoms with Crippen LogP contribution in [0.3, 0.4) is 0 Å². The molecular formula is C67H41NO2. The molecule has 0 radical (unpaired) electrons. The van der Waals surface area contributed by atoms with Crippen LogP contribution < -0.4 is 9.64 Å². The van der Waals surface area contributed by atoms with Gasteiger partial charge in [0.15, 0.2) is 5.75 Å². The molecule has 1 spiro atoms. The number of nitrogens with zero attached hydrogens (tertiary/aromatic N) is 1. The Morgan fingerprint density at radius 2 is 0.886 bits per heavy atom. The highest BCUT2D eigenvalue weighted by Crippen LogP contribution is 2.64. The van der Waals surface area contributed by atoms with E-state index in [-0.39, 0.29) is 0 Å². The Morgan fingerprint density at radius 3 is 1.66 bits per heavy atom. The summed E-state index contributed by atoms with van der Waals surface area (Å²) in [6, 6.07) is 90.7. The van der Waals surface area contributed by atoms with Gasteiger partial charge in [0.1, 0.15) is 16.9 Å². The first kappa shape index (κ1) is 38.9. The second kappa shape index (κ2) is 14.9. The first-order valence-electron chi connectivity index (χ1n) is 24.1. The van der Waals surface area contributed by atoms with E-state index in [0.29, 0.717) is 0 Å². The molecule has 1 aromatic heterocycles. The van der Waals surface area contributed by atoms with Crippen LogP contribution in [0.5, 0.6) is 11.5 Å². The predicted molar refractivity (Wildman–Crippen MR) is 287 cm³/mol. The first-order chi connectivity index (χ1) is 34.7. The zero-order chi connectivity index (χ0) is 45.9. The van der Waals surface area contributed by atoms with Crippen molar-refractivity contribution in [1.82, 2.24) is 0 Å². The third-order valence-electron chi connectivity index (χ3n) is 15.1. The molecule has 15 rings (SSSR count). The van der Waals surface area contributed by atoms with Crippen LogP contribution in [-0.2, 0) is 5.41 Å². The average molecular weight is 892 g/mol. The van der Waals surface area contributed by atoms with Crippen LogP contribution >= 0.6 is 0 Å². The van der Waals surface area contributed by atoms with Crippen LogP contribution in [0.2, 0.25) is 0 Å². The molecule has 3 heteroatoms. The molecule has 0 N–H and O–H groups in total. The van der Waals surface area contributed by atoms with Crippen molar-refractivity contribution >= 4 is 39.0 Å². The lowest BCUT2D eigenvalue weighted by Gasteiger charge is -2.36. The van der Waals surface area contributed by atoms with E-state index in [4.69, 9.17) is 9.15 Å². The summed E-state index contributed by atoms with van der Waals surface area (Å²) in [6.45, 7) is 0. The minimum atomic E-state index is -0.732. The molecule has 3 aliphatic rings. The van der Waals surface area contributed by atoms with Gasteiger partial charge >= 0.3 is 0 Å². The third kappa shape index (κ3) is 5.40. The molecule has 1 atom stereocenters. The van der Waals surface area contributed by atoms with E-state index in [1.807, 2.05) is 0 Å². The van der Waals surface area contributed by atoms with Gasteiger partial charge in [-0.3, -0.25) is 0 Å². The van der Waals surface area contributed by atoms with E-state index in [2.05, 4.69) is 254 Å². The molecule has 1 aliphatic heterocycles. The fraction of sp³-hybridized carbons (Fsp3) is 0.0149. The molecule has 70 heavy (non-hydrogen) atoms. The molecule has 1 unspecified atom stereocenters. The number of hydrogen-bond donors (Lipinski definition) is 0. The fourth-order valence-electron chi connectivity index (χ4n) is 12.2. The second-order valence-corrected chi connectivity index (χ2v) is 18.6. The van der Waals surface area contributed by atoms with E-state index >= 15 is 0 Å². The van der Waals surface area contributed by atoms with Crippen molar-refractivity contribution in [1.29, 1.82) is 0 Å². The Balaban J connectivity index is 1.06. The summed E-state index contributed by atoms with van der Waals surface area (Å²) in [4.78, 5) is 2.41. The summed E-state index contributed by atoms with van der Waals surface area (Å²) < 4.78 is 13.9. The van der Waals surface area contributed by atoms with Crippen LogP contribution in [0.4, 0.5) is 17.1 Å². The van der Waals surface area contributed by atoms with Crippen molar-refractivity contribution in [2.24, 2.45) is 0 Å². The van der Waals surface area contributed by atoms with Crippen LogP contribution in [-0.4, -0.2) is 0 Å². The highest BCUT2D eigenvalue weighted by molar-refractivity contribution is 6.16. The molecule has 0 saturated heterocycles. The molecule has 0 fully saturated rings. The quantitative estimate of drug-likeness (QED) is 0.176.